The Hall–Kier alpha value is -2.08. The van der Waals surface area contributed by atoms with E-state index in [1.807, 2.05) is 12.1 Å². The van der Waals surface area contributed by atoms with Crippen LogP contribution in [0.4, 0.5) is 10.5 Å². The van der Waals surface area contributed by atoms with E-state index >= 15 is 0 Å². The molecule has 2 rings (SSSR count). The van der Waals surface area contributed by atoms with Crippen LogP contribution in [-0.4, -0.2) is 24.5 Å². The topological polar surface area (TPSA) is 96.2 Å². The first-order valence-corrected chi connectivity index (χ1v) is 6.33. The lowest BCUT2D eigenvalue weighted by molar-refractivity contribution is -0.124. The normalized spacial score (nSPS) is 18.6. The third-order valence-electron chi connectivity index (χ3n) is 3.01. The lowest BCUT2D eigenvalue weighted by Crippen LogP contribution is -2.51. The zero-order valence-corrected chi connectivity index (χ0v) is 10.6. The van der Waals surface area contributed by atoms with Crippen LogP contribution in [0.2, 0.25) is 0 Å². The molecule has 0 aromatic heterocycles. The SMILES string of the molecule is NCc1cccc(NC(=O)NC2CCCNC2=O)c1. The molecule has 1 aliphatic heterocycles. The minimum absolute atomic E-state index is 0.128. The van der Waals surface area contributed by atoms with Gasteiger partial charge in [-0.2, -0.15) is 0 Å². The lowest BCUT2D eigenvalue weighted by Gasteiger charge is -2.22. The molecule has 5 N–H and O–H groups in total. The molecule has 1 atom stereocenters. The Morgan fingerprint density at radius 3 is 3.05 bits per heavy atom. The number of amides is 3. The average molecular weight is 262 g/mol. The molecule has 1 saturated heterocycles. The summed E-state index contributed by atoms with van der Waals surface area (Å²) >= 11 is 0. The maximum atomic E-state index is 11.8. The van der Waals surface area contributed by atoms with Crippen LogP contribution in [0.15, 0.2) is 24.3 Å². The zero-order valence-electron chi connectivity index (χ0n) is 10.6. The Bertz CT molecular complexity index is 475. The van der Waals surface area contributed by atoms with E-state index in [2.05, 4.69) is 16.0 Å². The van der Waals surface area contributed by atoms with Crippen molar-refractivity contribution in [3.05, 3.63) is 29.8 Å². The highest BCUT2D eigenvalue weighted by Crippen LogP contribution is 2.10. The van der Waals surface area contributed by atoms with E-state index in [4.69, 9.17) is 5.73 Å². The predicted octanol–water partition coefficient (Wildman–Crippen LogP) is 0.545. The molecule has 0 saturated carbocycles. The zero-order chi connectivity index (χ0) is 13.7. The molecule has 3 amide bonds. The number of hydrogen-bond acceptors (Lipinski definition) is 3. The highest BCUT2D eigenvalue weighted by Gasteiger charge is 2.23. The van der Waals surface area contributed by atoms with Gasteiger partial charge in [0, 0.05) is 18.8 Å². The largest absolute Gasteiger partial charge is 0.354 e. The van der Waals surface area contributed by atoms with E-state index in [0.29, 0.717) is 25.2 Å². The van der Waals surface area contributed by atoms with E-state index in [-0.39, 0.29) is 11.9 Å². The number of carbonyl (C=O) groups is 2. The van der Waals surface area contributed by atoms with Gasteiger partial charge in [0.1, 0.15) is 6.04 Å². The molecule has 0 spiro atoms. The molecule has 1 fully saturated rings. The van der Waals surface area contributed by atoms with E-state index in [0.717, 1.165) is 12.0 Å². The molecule has 102 valence electrons. The third kappa shape index (κ3) is 3.69. The first kappa shape index (κ1) is 13.4. The van der Waals surface area contributed by atoms with E-state index in [1.165, 1.54) is 0 Å². The maximum absolute atomic E-state index is 11.8. The smallest absolute Gasteiger partial charge is 0.319 e. The summed E-state index contributed by atoms with van der Waals surface area (Å²) in [5, 5.41) is 8.08. The maximum Gasteiger partial charge on any atom is 0.319 e. The van der Waals surface area contributed by atoms with Crippen molar-refractivity contribution in [2.24, 2.45) is 5.73 Å². The number of nitrogens with one attached hydrogen (secondary N) is 3. The fourth-order valence-electron chi connectivity index (χ4n) is 2.01. The summed E-state index contributed by atoms with van der Waals surface area (Å²) < 4.78 is 0. The van der Waals surface area contributed by atoms with Gasteiger partial charge in [0.2, 0.25) is 5.91 Å². The molecule has 6 heteroatoms. The number of anilines is 1. The first-order valence-electron chi connectivity index (χ1n) is 6.33. The summed E-state index contributed by atoms with van der Waals surface area (Å²) in [6.07, 6.45) is 1.54. The molecule has 1 aliphatic rings. The molecule has 1 aromatic carbocycles. The van der Waals surface area contributed by atoms with Crippen LogP contribution in [0.1, 0.15) is 18.4 Å². The summed E-state index contributed by atoms with van der Waals surface area (Å²) in [7, 11) is 0. The van der Waals surface area contributed by atoms with Crippen molar-refractivity contribution in [2.75, 3.05) is 11.9 Å². The Morgan fingerprint density at radius 1 is 1.47 bits per heavy atom. The molecule has 1 heterocycles. The highest BCUT2D eigenvalue weighted by molar-refractivity contribution is 5.93. The van der Waals surface area contributed by atoms with Crippen molar-refractivity contribution < 1.29 is 9.59 Å². The summed E-state index contributed by atoms with van der Waals surface area (Å²) in [6, 6.07) is 6.46. The summed E-state index contributed by atoms with van der Waals surface area (Å²) in [5.74, 6) is -0.128. The Balaban J connectivity index is 1.91. The first-order chi connectivity index (χ1) is 9.19. The van der Waals surface area contributed by atoms with Gasteiger partial charge < -0.3 is 21.7 Å². The van der Waals surface area contributed by atoms with Crippen molar-refractivity contribution >= 4 is 17.6 Å². The molecule has 19 heavy (non-hydrogen) atoms. The van der Waals surface area contributed by atoms with Gasteiger partial charge in [-0.1, -0.05) is 12.1 Å². The highest BCUT2D eigenvalue weighted by atomic mass is 16.2. The number of rotatable bonds is 3. The fraction of sp³-hybridized carbons (Fsp3) is 0.385. The van der Waals surface area contributed by atoms with Gasteiger partial charge in [-0.3, -0.25) is 4.79 Å². The quantitative estimate of drug-likeness (QED) is 0.640. The van der Waals surface area contributed by atoms with Gasteiger partial charge in [0.05, 0.1) is 0 Å². The van der Waals surface area contributed by atoms with Crippen LogP contribution in [-0.2, 0) is 11.3 Å². The summed E-state index contributed by atoms with van der Waals surface area (Å²) in [4.78, 5) is 23.3. The van der Waals surface area contributed by atoms with Crippen molar-refractivity contribution in [2.45, 2.75) is 25.4 Å². The summed E-state index contributed by atoms with van der Waals surface area (Å²) in [5.41, 5.74) is 7.14. The Labute approximate surface area is 111 Å². The second kappa shape index (κ2) is 6.19. The van der Waals surface area contributed by atoms with Crippen molar-refractivity contribution in [3.8, 4) is 0 Å². The minimum atomic E-state index is -0.452. The fourth-order valence-corrected chi connectivity index (χ4v) is 2.01. The van der Waals surface area contributed by atoms with E-state index in [9.17, 15) is 9.59 Å². The van der Waals surface area contributed by atoms with Crippen molar-refractivity contribution in [3.63, 3.8) is 0 Å². The van der Waals surface area contributed by atoms with Crippen LogP contribution < -0.4 is 21.7 Å². The standard InChI is InChI=1S/C13H18N4O2/c14-8-9-3-1-4-10(7-9)16-13(19)17-11-5-2-6-15-12(11)18/h1,3-4,7,11H,2,5-6,8,14H2,(H,15,18)(H2,16,17,19). The Morgan fingerprint density at radius 2 is 2.32 bits per heavy atom. The number of carbonyl (C=O) groups excluding carboxylic acids is 2. The lowest BCUT2D eigenvalue weighted by atomic mass is 10.1. The Kier molecular flexibility index (Phi) is 4.35. The molecule has 1 unspecified atom stereocenters. The molecular formula is C13H18N4O2. The molecule has 0 radical (unpaired) electrons. The van der Waals surface area contributed by atoms with Crippen LogP contribution >= 0.6 is 0 Å². The van der Waals surface area contributed by atoms with Crippen molar-refractivity contribution in [1.82, 2.24) is 10.6 Å². The monoisotopic (exact) mass is 262 g/mol. The van der Waals surface area contributed by atoms with Gasteiger partial charge in [-0.15, -0.1) is 0 Å². The number of piperidine rings is 1. The number of benzene rings is 1. The predicted molar refractivity (Wildman–Crippen MR) is 72.5 cm³/mol. The molecule has 6 nitrogen and oxygen atoms in total. The van der Waals surface area contributed by atoms with E-state index < -0.39 is 6.04 Å². The van der Waals surface area contributed by atoms with Gasteiger partial charge in [0.25, 0.3) is 0 Å². The van der Waals surface area contributed by atoms with Crippen LogP contribution in [0, 0.1) is 0 Å². The third-order valence-corrected chi connectivity index (χ3v) is 3.01. The molecule has 1 aromatic rings. The van der Waals surface area contributed by atoms with Gasteiger partial charge in [-0.05, 0) is 30.5 Å². The van der Waals surface area contributed by atoms with Gasteiger partial charge in [-0.25, -0.2) is 4.79 Å². The van der Waals surface area contributed by atoms with Crippen molar-refractivity contribution in [1.29, 1.82) is 0 Å². The minimum Gasteiger partial charge on any atom is -0.354 e. The van der Waals surface area contributed by atoms with Crippen LogP contribution in [0.3, 0.4) is 0 Å². The number of urea groups is 1. The van der Waals surface area contributed by atoms with Crippen LogP contribution in [0.5, 0.6) is 0 Å². The second-order valence-electron chi connectivity index (χ2n) is 4.49. The second-order valence-corrected chi connectivity index (χ2v) is 4.49. The van der Waals surface area contributed by atoms with E-state index in [1.54, 1.807) is 12.1 Å². The summed E-state index contributed by atoms with van der Waals surface area (Å²) in [6.45, 7) is 1.10. The average Bonchev–Trinajstić information content (AvgIpc) is 2.41. The molecule has 0 bridgehead atoms. The molecule has 0 aliphatic carbocycles. The van der Waals surface area contributed by atoms with Gasteiger partial charge in [0.15, 0.2) is 0 Å². The molecular weight excluding hydrogens is 244 g/mol. The van der Waals surface area contributed by atoms with Crippen LogP contribution in [0.25, 0.3) is 0 Å². The number of hydrogen-bond donors (Lipinski definition) is 4. The van der Waals surface area contributed by atoms with Gasteiger partial charge >= 0.3 is 6.03 Å². The number of nitrogens with two attached hydrogens (primary N) is 1.